The van der Waals surface area contributed by atoms with Crippen molar-refractivity contribution in [3.63, 3.8) is 0 Å². The maximum atomic E-state index is 13.8. The number of alkyl halides is 3. The number of rotatable bonds is 8. The summed E-state index contributed by atoms with van der Waals surface area (Å²) in [5, 5.41) is 2.42. The first-order valence-corrected chi connectivity index (χ1v) is 10.5. The Labute approximate surface area is 194 Å². The van der Waals surface area contributed by atoms with E-state index in [0.29, 0.717) is 12.1 Å². The van der Waals surface area contributed by atoms with E-state index < -0.39 is 47.1 Å². The molecule has 1 atom stereocenters. The monoisotopic (exact) mass is 487 g/mol. The Morgan fingerprint density at radius 1 is 0.971 bits per heavy atom. The van der Waals surface area contributed by atoms with E-state index in [0.717, 1.165) is 5.56 Å². The predicted molar refractivity (Wildman–Crippen MR) is 114 cm³/mol. The fraction of sp³-hybridized carbons (Fsp3) is 0.417. The normalized spacial score (nSPS) is 12.7. The van der Waals surface area contributed by atoms with Crippen LogP contribution in [0, 0.1) is 11.6 Å². The smallest absolute Gasteiger partial charge is 0.422 e. The van der Waals surface area contributed by atoms with Gasteiger partial charge in [-0.05, 0) is 63.3 Å². The summed E-state index contributed by atoms with van der Waals surface area (Å²) in [6.45, 7) is 4.89. The van der Waals surface area contributed by atoms with E-state index in [2.05, 4.69) is 5.32 Å². The molecule has 34 heavy (non-hydrogen) atoms. The molecule has 2 aromatic carbocycles. The summed E-state index contributed by atoms with van der Waals surface area (Å²) in [5.41, 5.74) is -2.07. The summed E-state index contributed by atoms with van der Waals surface area (Å²) in [6.07, 6.45) is -5.94. The molecular formula is C24H26F5NO4. The van der Waals surface area contributed by atoms with Crippen LogP contribution in [0.3, 0.4) is 0 Å². The van der Waals surface area contributed by atoms with Crippen molar-refractivity contribution in [3.05, 3.63) is 70.8 Å². The van der Waals surface area contributed by atoms with Gasteiger partial charge < -0.3 is 14.8 Å². The molecule has 5 nitrogen and oxygen atoms in total. The van der Waals surface area contributed by atoms with E-state index >= 15 is 0 Å². The highest BCUT2D eigenvalue weighted by molar-refractivity contribution is 5.81. The van der Waals surface area contributed by atoms with Crippen LogP contribution in [-0.4, -0.2) is 23.7 Å². The van der Waals surface area contributed by atoms with Crippen LogP contribution in [0.4, 0.5) is 26.7 Å². The van der Waals surface area contributed by atoms with E-state index in [9.17, 15) is 31.5 Å². The maximum absolute atomic E-state index is 13.8. The molecular weight excluding hydrogens is 461 g/mol. The standard InChI is InChI=1S/C24H26F5NO4/c1-23(2,3)34-22(32)30-19(21(31)33-14-15-8-5-4-6-9-15)11-7-10-16-12-17(25)20(18(26)13-16)24(27,28)29/h4-6,8-9,12-13,19H,7,10-11,14H2,1-3H3,(H,30,32)/t19-/m0/s1. The Hall–Kier alpha value is -3.17. The van der Waals surface area contributed by atoms with Crippen LogP contribution in [0.1, 0.15) is 50.3 Å². The third-order valence-electron chi connectivity index (χ3n) is 4.54. The highest BCUT2D eigenvalue weighted by Gasteiger charge is 2.37. The van der Waals surface area contributed by atoms with Crippen molar-refractivity contribution in [2.45, 2.75) is 64.5 Å². The quantitative estimate of drug-likeness (QED) is 0.370. The van der Waals surface area contributed by atoms with Crippen molar-refractivity contribution in [2.75, 3.05) is 0 Å². The molecule has 0 fully saturated rings. The van der Waals surface area contributed by atoms with Crippen LogP contribution >= 0.6 is 0 Å². The van der Waals surface area contributed by atoms with Crippen LogP contribution in [0.15, 0.2) is 42.5 Å². The Bertz CT molecular complexity index is 964. The zero-order valence-electron chi connectivity index (χ0n) is 19.0. The van der Waals surface area contributed by atoms with Gasteiger partial charge in [0.1, 0.15) is 35.4 Å². The number of hydrogen-bond acceptors (Lipinski definition) is 4. The number of carbonyl (C=O) groups is 2. The van der Waals surface area contributed by atoms with Gasteiger partial charge in [0.05, 0.1) is 0 Å². The topological polar surface area (TPSA) is 64.6 Å². The molecule has 0 aliphatic heterocycles. The molecule has 0 saturated heterocycles. The second-order valence-corrected chi connectivity index (χ2v) is 8.62. The lowest BCUT2D eigenvalue weighted by Gasteiger charge is -2.23. The SMILES string of the molecule is CC(C)(C)OC(=O)N[C@@H](CCCc1cc(F)c(C(F)(F)F)c(F)c1)C(=O)OCc1ccccc1. The van der Waals surface area contributed by atoms with E-state index in [4.69, 9.17) is 9.47 Å². The average molecular weight is 487 g/mol. The minimum atomic E-state index is -5.16. The molecule has 1 N–H and O–H groups in total. The first kappa shape index (κ1) is 27.1. The lowest BCUT2D eigenvalue weighted by atomic mass is 10.0. The van der Waals surface area contributed by atoms with Crippen molar-refractivity contribution in [2.24, 2.45) is 0 Å². The van der Waals surface area contributed by atoms with Crippen molar-refractivity contribution < 1.29 is 41.0 Å². The number of alkyl carbamates (subject to hydrolysis) is 1. The highest BCUT2D eigenvalue weighted by Crippen LogP contribution is 2.34. The predicted octanol–water partition coefficient (Wildman–Crippen LogP) is 5.94. The molecule has 0 aliphatic rings. The molecule has 2 aromatic rings. The highest BCUT2D eigenvalue weighted by atomic mass is 19.4. The van der Waals surface area contributed by atoms with Gasteiger partial charge in [-0.3, -0.25) is 0 Å². The maximum Gasteiger partial charge on any atom is 0.422 e. The van der Waals surface area contributed by atoms with Gasteiger partial charge in [-0.2, -0.15) is 13.2 Å². The van der Waals surface area contributed by atoms with Crippen LogP contribution < -0.4 is 5.32 Å². The van der Waals surface area contributed by atoms with Gasteiger partial charge in [0, 0.05) is 0 Å². The first-order valence-electron chi connectivity index (χ1n) is 10.5. The number of carbonyl (C=O) groups excluding carboxylic acids is 2. The molecule has 186 valence electrons. The summed E-state index contributed by atoms with van der Waals surface area (Å²) < 4.78 is 76.2. The number of hydrogen-bond donors (Lipinski definition) is 1. The zero-order valence-corrected chi connectivity index (χ0v) is 19.0. The zero-order chi connectivity index (χ0) is 25.5. The number of benzene rings is 2. The fourth-order valence-electron chi connectivity index (χ4n) is 3.08. The molecule has 0 aromatic heterocycles. The van der Waals surface area contributed by atoms with Gasteiger partial charge in [-0.15, -0.1) is 0 Å². The molecule has 0 unspecified atom stereocenters. The molecule has 0 spiro atoms. The second-order valence-electron chi connectivity index (χ2n) is 8.62. The number of aryl methyl sites for hydroxylation is 1. The third kappa shape index (κ3) is 8.64. The summed E-state index contributed by atoms with van der Waals surface area (Å²) in [4.78, 5) is 24.7. The number of ether oxygens (including phenoxy) is 2. The van der Waals surface area contributed by atoms with Gasteiger partial charge >= 0.3 is 18.2 Å². The fourth-order valence-corrected chi connectivity index (χ4v) is 3.08. The number of nitrogens with one attached hydrogen (secondary N) is 1. The molecule has 2 rings (SSSR count). The lowest BCUT2D eigenvalue weighted by molar-refractivity contribution is -0.147. The average Bonchev–Trinajstić information content (AvgIpc) is 2.69. The molecule has 1 amide bonds. The first-order chi connectivity index (χ1) is 15.8. The number of esters is 1. The molecule has 0 radical (unpaired) electrons. The van der Waals surface area contributed by atoms with E-state index in [1.165, 1.54) is 0 Å². The Balaban J connectivity index is 2.05. The largest absolute Gasteiger partial charge is 0.459 e. The van der Waals surface area contributed by atoms with Crippen LogP contribution in [-0.2, 0) is 33.5 Å². The number of halogens is 5. The van der Waals surface area contributed by atoms with Crippen molar-refractivity contribution >= 4 is 12.1 Å². The summed E-state index contributed by atoms with van der Waals surface area (Å²) in [5.74, 6) is -4.18. The number of amides is 1. The summed E-state index contributed by atoms with van der Waals surface area (Å²) >= 11 is 0. The van der Waals surface area contributed by atoms with Crippen LogP contribution in [0.25, 0.3) is 0 Å². The van der Waals surface area contributed by atoms with Crippen molar-refractivity contribution in [1.82, 2.24) is 5.32 Å². The van der Waals surface area contributed by atoms with Crippen molar-refractivity contribution in [1.29, 1.82) is 0 Å². The minimum absolute atomic E-state index is 0.00285. The molecule has 0 heterocycles. The Morgan fingerprint density at radius 3 is 2.09 bits per heavy atom. The van der Waals surface area contributed by atoms with Crippen molar-refractivity contribution in [3.8, 4) is 0 Å². The van der Waals surface area contributed by atoms with E-state index in [1.807, 2.05) is 0 Å². The molecule has 10 heteroatoms. The second kappa shape index (κ2) is 11.3. The minimum Gasteiger partial charge on any atom is -0.459 e. The third-order valence-corrected chi connectivity index (χ3v) is 4.54. The lowest BCUT2D eigenvalue weighted by Crippen LogP contribution is -2.44. The van der Waals surface area contributed by atoms with Gasteiger partial charge in [0.15, 0.2) is 0 Å². The van der Waals surface area contributed by atoms with Gasteiger partial charge in [0.25, 0.3) is 0 Å². The van der Waals surface area contributed by atoms with E-state index in [1.54, 1.807) is 51.1 Å². The van der Waals surface area contributed by atoms with Gasteiger partial charge in [-0.1, -0.05) is 30.3 Å². The van der Waals surface area contributed by atoms with Crippen LogP contribution in [0.5, 0.6) is 0 Å². The molecule has 0 saturated carbocycles. The molecule has 0 aliphatic carbocycles. The van der Waals surface area contributed by atoms with Crippen LogP contribution in [0.2, 0.25) is 0 Å². The summed E-state index contributed by atoms with van der Waals surface area (Å²) in [6, 6.07) is 8.90. The van der Waals surface area contributed by atoms with E-state index in [-0.39, 0.29) is 31.4 Å². The Morgan fingerprint density at radius 2 is 1.56 bits per heavy atom. The van der Waals surface area contributed by atoms with Gasteiger partial charge in [-0.25, -0.2) is 18.4 Å². The Kier molecular flexibility index (Phi) is 9.00. The van der Waals surface area contributed by atoms with Gasteiger partial charge in [0.2, 0.25) is 0 Å². The molecule has 0 bridgehead atoms. The summed E-state index contributed by atoms with van der Waals surface area (Å²) in [7, 11) is 0.